The van der Waals surface area contributed by atoms with Crippen LogP contribution in [0, 0.1) is 11.5 Å². The molecule has 1 aliphatic rings. The molecule has 5 nitrogen and oxygen atoms in total. The highest BCUT2D eigenvalue weighted by molar-refractivity contribution is 9.10. The van der Waals surface area contributed by atoms with Crippen molar-refractivity contribution in [2.75, 3.05) is 0 Å². The molecule has 0 aliphatic carbocycles. The van der Waals surface area contributed by atoms with Gasteiger partial charge in [-0.15, -0.1) is 5.54 Å². The van der Waals surface area contributed by atoms with Crippen molar-refractivity contribution < 1.29 is 4.79 Å². The van der Waals surface area contributed by atoms with E-state index in [9.17, 15) is 4.79 Å². The van der Waals surface area contributed by atoms with E-state index in [1.807, 2.05) is 47.9 Å². The highest BCUT2D eigenvalue weighted by Crippen LogP contribution is 2.34. The monoisotopic (exact) mass is 490 g/mol. The molecule has 2 heterocycles. The Morgan fingerprint density at radius 1 is 1.16 bits per heavy atom. The van der Waals surface area contributed by atoms with E-state index in [0.717, 1.165) is 32.6 Å². The van der Waals surface area contributed by atoms with Crippen molar-refractivity contribution in [3.63, 3.8) is 0 Å². The third kappa shape index (κ3) is 4.14. The number of carbonyl (C=O) groups excluding carboxylic acids is 1. The molecule has 0 radical (unpaired) electrons. The fraction of sp³-hybridized carbons (Fsp3) is 0.208. The van der Waals surface area contributed by atoms with Crippen molar-refractivity contribution in [1.29, 1.82) is 0 Å². The lowest BCUT2D eigenvalue weighted by molar-refractivity contribution is 0.0994. The SMILES string of the molecule is C[C@@H]1N=C(c2ccccc2Br)c2cc(C#C[Si](C)(C)C)ccc2-n2cnc(C(N)=O)c21. The first kappa shape index (κ1) is 21.3. The Labute approximate surface area is 191 Å². The van der Waals surface area contributed by atoms with Crippen LogP contribution in [0.5, 0.6) is 0 Å². The van der Waals surface area contributed by atoms with E-state index in [4.69, 9.17) is 10.7 Å². The van der Waals surface area contributed by atoms with Crippen LogP contribution in [0.1, 0.15) is 45.8 Å². The molecule has 3 aromatic rings. The Kier molecular flexibility index (Phi) is 5.46. The molecule has 0 spiro atoms. The van der Waals surface area contributed by atoms with Crippen LogP contribution in [0.25, 0.3) is 5.69 Å². The summed E-state index contributed by atoms with van der Waals surface area (Å²) in [5.74, 6) is 2.79. The molecule has 2 aromatic carbocycles. The number of imidazole rings is 1. The molecule has 0 saturated heterocycles. The summed E-state index contributed by atoms with van der Waals surface area (Å²) in [6, 6.07) is 13.8. The Morgan fingerprint density at radius 3 is 2.58 bits per heavy atom. The van der Waals surface area contributed by atoms with Crippen LogP contribution in [0.15, 0.2) is 58.3 Å². The van der Waals surface area contributed by atoms with Gasteiger partial charge in [-0.2, -0.15) is 0 Å². The van der Waals surface area contributed by atoms with Gasteiger partial charge in [0.2, 0.25) is 0 Å². The molecule has 4 rings (SSSR count). The number of hydrogen-bond donors (Lipinski definition) is 1. The van der Waals surface area contributed by atoms with Crippen LogP contribution >= 0.6 is 15.9 Å². The second-order valence-electron chi connectivity index (χ2n) is 8.58. The fourth-order valence-corrected chi connectivity index (χ4v) is 4.60. The van der Waals surface area contributed by atoms with Crippen molar-refractivity contribution in [2.45, 2.75) is 32.6 Å². The van der Waals surface area contributed by atoms with Gasteiger partial charge in [0.15, 0.2) is 5.69 Å². The summed E-state index contributed by atoms with van der Waals surface area (Å²) in [6.07, 6.45) is 1.65. The van der Waals surface area contributed by atoms with Crippen LogP contribution in [0.4, 0.5) is 0 Å². The number of benzene rings is 2. The van der Waals surface area contributed by atoms with Gasteiger partial charge in [-0.3, -0.25) is 14.4 Å². The van der Waals surface area contributed by atoms with Gasteiger partial charge in [0.05, 0.1) is 23.1 Å². The molecule has 1 atom stereocenters. The lowest BCUT2D eigenvalue weighted by Crippen LogP contribution is -2.16. The van der Waals surface area contributed by atoms with Crippen molar-refractivity contribution in [3.05, 3.63) is 81.3 Å². The molecule has 1 amide bonds. The second kappa shape index (κ2) is 7.95. The van der Waals surface area contributed by atoms with E-state index < -0.39 is 14.0 Å². The minimum atomic E-state index is -1.52. The number of nitrogens with zero attached hydrogens (tertiary/aromatic N) is 3. The lowest BCUT2D eigenvalue weighted by Gasteiger charge is -2.13. The summed E-state index contributed by atoms with van der Waals surface area (Å²) in [4.78, 5) is 21.3. The van der Waals surface area contributed by atoms with E-state index in [0.29, 0.717) is 5.69 Å². The number of primary amides is 1. The van der Waals surface area contributed by atoms with Crippen LogP contribution in [-0.2, 0) is 0 Å². The zero-order chi connectivity index (χ0) is 22.3. The largest absolute Gasteiger partial charge is 0.364 e. The molecular weight excluding hydrogens is 468 g/mol. The number of fused-ring (bicyclic) bond motifs is 3. The standard InChI is InChI=1S/C24H23BrN4OSi/c1-15-23-22(24(26)30)27-14-29(23)20-10-9-16(11-12-31(2,3)4)13-18(20)21(28-15)17-7-5-6-8-19(17)25/h5-10,13-15H,1-4H3,(H2,26,30)/t15-/m0/s1. The summed E-state index contributed by atoms with van der Waals surface area (Å²) in [5, 5.41) is 0. The molecule has 0 unspecified atom stereocenters. The molecule has 0 bridgehead atoms. The average Bonchev–Trinajstić information content (AvgIpc) is 3.11. The number of aliphatic imine (C=N–C) groups is 1. The van der Waals surface area contributed by atoms with Gasteiger partial charge in [0.1, 0.15) is 14.4 Å². The number of carbonyl (C=O) groups is 1. The van der Waals surface area contributed by atoms with E-state index in [2.05, 4.69) is 58.1 Å². The number of aromatic nitrogens is 2. The van der Waals surface area contributed by atoms with Gasteiger partial charge in [-0.05, 0) is 31.2 Å². The van der Waals surface area contributed by atoms with Gasteiger partial charge in [0, 0.05) is 21.2 Å². The predicted molar refractivity (Wildman–Crippen MR) is 131 cm³/mol. The Morgan fingerprint density at radius 2 is 1.90 bits per heavy atom. The normalized spacial score (nSPS) is 15.1. The maximum absolute atomic E-state index is 12.0. The van der Waals surface area contributed by atoms with Crippen molar-refractivity contribution in [2.24, 2.45) is 10.7 Å². The van der Waals surface area contributed by atoms with Crippen molar-refractivity contribution >= 4 is 35.6 Å². The summed E-state index contributed by atoms with van der Waals surface area (Å²) in [5.41, 5.74) is 14.6. The maximum atomic E-state index is 12.0. The van der Waals surface area contributed by atoms with Gasteiger partial charge < -0.3 is 5.73 Å². The van der Waals surface area contributed by atoms with Gasteiger partial charge >= 0.3 is 0 Å². The second-order valence-corrected chi connectivity index (χ2v) is 14.2. The van der Waals surface area contributed by atoms with E-state index in [1.54, 1.807) is 6.33 Å². The van der Waals surface area contributed by atoms with Crippen LogP contribution < -0.4 is 5.73 Å². The van der Waals surface area contributed by atoms with Crippen LogP contribution in [0.3, 0.4) is 0 Å². The highest BCUT2D eigenvalue weighted by atomic mass is 79.9. The predicted octanol–water partition coefficient (Wildman–Crippen LogP) is 4.87. The Balaban J connectivity index is 2.02. The van der Waals surface area contributed by atoms with Gasteiger partial charge in [-0.25, -0.2) is 4.98 Å². The summed E-state index contributed by atoms with van der Waals surface area (Å²) in [7, 11) is -1.52. The average molecular weight is 491 g/mol. The number of halogens is 1. The van der Waals surface area contributed by atoms with Crippen LogP contribution in [-0.4, -0.2) is 29.2 Å². The number of hydrogen-bond acceptors (Lipinski definition) is 3. The van der Waals surface area contributed by atoms with Gasteiger partial charge in [0.25, 0.3) is 5.91 Å². The van der Waals surface area contributed by atoms with E-state index in [-0.39, 0.29) is 11.7 Å². The zero-order valence-corrected chi connectivity index (χ0v) is 20.5. The van der Waals surface area contributed by atoms with Crippen molar-refractivity contribution in [3.8, 4) is 17.2 Å². The zero-order valence-electron chi connectivity index (χ0n) is 17.9. The highest BCUT2D eigenvalue weighted by Gasteiger charge is 2.28. The molecule has 1 aromatic heterocycles. The Bertz CT molecular complexity index is 1290. The Hall–Kier alpha value is -2.95. The first-order valence-corrected chi connectivity index (χ1v) is 14.3. The molecule has 2 N–H and O–H groups in total. The third-order valence-corrected chi connectivity index (χ3v) is 6.54. The first-order chi connectivity index (χ1) is 14.7. The minimum absolute atomic E-state index is 0.248. The maximum Gasteiger partial charge on any atom is 0.269 e. The number of nitrogens with two attached hydrogens (primary N) is 1. The fourth-order valence-electron chi connectivity index (χ4n) is 3.60. The molecule has 31 heavy (non-hydrogen) atoms. The summed E-state index contributed by atoms with van der Waals surface area (Å²) in [6.45, 7) is 8.63. The lowest BCUT2D eigenvalue weighted by atomic mass is 9.98. The molecule has 156 valence electrons. The van der Waals surface area contributed by atoms with E-state index >= 15 is 0 Å². The quantitative estimate of drug-likeness (QED) is 0.410. The molecular formula is C24H23BrN4OSi. The smallest absolute Gasteiger partial charge is 0.269 e. The first-order valence-electron chi connectivity index (χ1n) is 10.0. The van der Waals surface area contributed by atoms with Gasteiger partial charge in [-0.1, -0.05) is 59.7 Å². The number of rotatable bonds is 2. The molecule has 0 saturated carbocycles. The molecule has 1 aliphatic heterocycles. The topological polar surface area (TPSA) is 73.3 Å². The number of amides is 1. The molecule has 7 heteroatoms. The minimum Gasteiger partial charge on any atom is -0.364 e. The van der Waals surface area contributed by atoms with Crippen LogP contribution in [0.2, 0.25) is 19.6 Å². The summed E-state index contributed by atoms with van der Waals surface area (Å²) < 4.78 is 2.87. The molecule has 0 fully saturated rings. The third-order valence-electron chi connectivity index (χ3n) is 4.98. The van der Waals surface area contributed by atoms with Crippen molar-refractivity contribution in [1.82, 2.24) is 9.55 Å². The van der Waals surface area contributed by atoms with E-state index in [1.165, 1.54) is 0 Å². The summed E-state index contributed by atoms with van der Waals surface area (Å²) >= 11 is 3.67.